The van der Waals surface area contributed by atoms with Crippen molar-refractivity contribution < 1.29 is 14.0 Å². The van der Waals surface area contributed by atoms with Gasteiger partial charge in [-0.3, -0.25) is 9.59 Å². The third kappa shape index (κ3) is 4.52. The van der Waals surface area contributed by atoms with Crippen LogP contribution in [-0.2, 0) is 4.79 Å². The van der Waals surface area contributed by atoms with Crippen LogP contribution in [-0.4, -0.2) is 18.4 Å². The molecule has 6 heteroatoms. The largest absolute Gasteiger partial charge is 0.467 e. The van der Waals surface area contributed by atoms with E-state index >= 15 is 0 Å². The van der Waals surface area contributed by atoms with Gasteiger partial charge in [-0.2, -0.15) is 0 Å². The zero-order valence-electron chi connectivity index (χ0n) is 13.8. The van der Waals surface area contributed by atoms with Gasteiger partial charge < -0.3 is 15.1 Å². The van der Waals surface area contributed by atoms with Crippen LogP contribution in [0.1, 0.15) is 27.7 Å². The van der Waals surface area contributed by atoms with Crippen LogP contribution in [0.2, 0.25) is 5.02 Å². The molecule has 3 aromatic rings. The molecule has 1 unspecified atom stereocenters. The molecular weight excluding hydrogens is 352 g/mol. The first-order chi connectivity index (χ1) is 12.6. The van der Waals surface area contributed by atoms with Gasteiger partial charge in [-0.1, -0.05) is 48.0 Å². The Morgan fingerprint density at radius 3 is 2.50 bits per heavy atom. The van der Waals surface area contributed by atoms with Gasteiger partial charge in [0, 0.05) is 10.6 Å². The van der Waals surface area contributed by atoms with Gasteiger partial charge in [0.25, 0.3) is 5.91 Å². The van der Waals surface area contributed by atoms with E-state index in [1.54, 1.807) is 42.7 Å². The van der Waals surface area contributed by atoms with Crippen molar-refractivity contribution in [2.24, 2.45) is 0 Å². The van der Waals surface area contributed by atoms with Crippen molar-refractivity contribution in [3.63, 3.8) is 0 Å². The Bertz CT molecular complexity index is 879. The topological polar surface area (TPSA) is 71.3 Å². The summed E-state index contributed by atoms with van der Waals surface area (Å²) in [5.41, 5.74) is 1.29. The Morgan fingerprint density at radius 1 is 1.00 bits per heavy atom. The zero-order chi connectivity index (χ0) is 18.4. The minimum atomic E-state index is -0.429. The highest BCUT2D eigenvalue weighted by molar-refractivity contribution is 6.30. The molecule has 0 saturated carbocycles. The number of rotatable bonds is 6. The Kier molecular flexibility index (Phi) is 5.71. The van der Waals surface area contributed by atoms with E-state index in [0.29, 0.717) is 16.3 Å². The van der Waals surface area contributed by atoms with Gasteiger partial charge in [0.2, 0.25) is 5.91 Å². The lowest BCUT2D eigenvalue weighted by Crippen LogP contribution is -2.38. The normalized spacial score (nSPS) is 11.6. The van der Waals surface area contributed by atoms with Gasteiger partial charge in [0.05, 0.1) is 12.8 Å². The van der Waals surface area contributed by atoms with Crippen LogP contribution < -0.4 is 10.6 Å². The average Bonchev–Trinajstić information content (AvgIpc) is 3.19. The van der Waals surface area contributed by atoms with E-state index in [0.717, 1.165) is 5.56 Å². The van der Waals surface area contributed by atoms with Gasteiger partial charge in [0.1, 0.15) is 11.8 Å². The van der Waals surface area contributed by atoms with E-state index in [-0.39, 0.29) is 18.4 Å². The maximum Gasteiger partial charge on any atom is 0.251 e. The first-order valence-electron chi connectivity index (χ1n) is 8.05. The molecule has 0 aliphatic carbocycles. The summed E-state index contributed by atoms with van der Waals surface area (Å²) in [6.07, 6.45) is 1.55. The van der Waals surface area contributed by atoms with Crippen LogP contribution in [0, 0.1) is 0 Å². The summed E-state index contributed by atoms with van der Waals surface area (Å²) in [5.74, 6) is -0.0757. The van der Waals surface area contributed by atoms with Gasteiger partial charge >= 0.3 is 0 Å². The lowest BCUT2D eigenvalue weighted by Gasteiger charge is -2.17. The second kappa shape index (κ2) is 8.36. The van der Waals surface area contributed by atoms with Crippen molar-refractivity contribution in [2.75, 3.05) is 6.54 Å². The molecule has 1 aromatic heterocycles. The molecule has 0 saturated heterocycles. The predicted octanol–water partition coefficient (Wildman–Crippen LogP) is 3.57. The number of halogens is 1. The average molecular weight is 369 g/mol. The summed E-state index contributed by atoms with van der Waals surface area (Å²) in [5, 5.41) is 5.93. The molecule has 5 nitrogen and oxygen atoms in total. The van der Waals surface area contributed by atoms with Gasteiger partial charge in [-0.05, 0) is 35.9 Å². The third-order valence-corrected chi connectivity index (χ3v) is 4.00. The first-order valence-corrected chi connectivity index (χ1v) is 8.43. The minimum Gasteiger partial charge on any atom is -0.467 e. The molecule has 0 bridgehead atoms. The molecule has 1 atom stereocenters. The fourth-order valence-electron chi connectivity index (χ4n) is 2.52. The van der Waals surface area contributed by atoms with Crippen molar-refractivity contribution in [2.45, 2.75) is 6.04 Å². The molecule has 2 amide bonds. The lowest BCUT2D eigenvalue weighted by atomic mass is 10.0. The number of hydrogen-bond acceptors (Lipinski definition) is 3. The summed E-state index contributed by atoms with van der Waals surface area (Å²) >= 11 is 5.88. The Hall–Kier alpha value is -3.05. The summed E-state index contributed by atoms with van der Waals surface area (Å²) in [7, 11) is 0. The van der Waals surface area contributed by atoms with E-state index in [2.05, 4.69) is 10.6 Å². The highest BCUT2D eigenvalue weighted by Gasteiger charge is 2.19. The number of carbonyl (C=O) groups excluding carboxylic acids is 2. The fourth-order valence-corrected chi connectivity index (χ4v) is 2.71. The molecule has 0 aliphatic rings. The molecule has 0 aliphatic heterocycles. The molecule has 0 radical (unpaired) electrons. The van der Waals surface area contributed by atoms with Crippen LogP contribution in [0.25, 0.3) is 0 Å². The van der Waals surface area contributed by atoms with Gasteiger partial charge in [-0.25, -0.2) is 0 Å². The molecule has 0 fully saturated rings. The van der Waals surface area contributed by atoms with Crippen molar-refractivity contribution in [3.8, 4) is 0 Å². The molecule has 3 rings (SSSR count). The number of hydrogen-bond donors (Lipinski definition) is 2. The number of benzene rings is 2. The second-order valence-electron chi connectivity index (χ2n) is 5.62. The third-order valence-electron chi connectivity index (χ3n) is 3.76. The summed E-state index contributed by atoms with van der Waals surface area (Å²) in [6.45, 7) is -0.157. The van der Waals surface area contributed by atoms with E-state index in [9.17, 15) is 9.59 Å². The Morgan fingerprint density at radius 2 is 1.81 bits per heavy atom. The van der Waals surface area contributed by atoms with Crippen molar-refractivity contribution in [1.29, 1.82) is 0 Å². The fraction of sp³-hybridized carbons (Fsp3) is 0.100. The number of carbonyl (C=O) groups is 2. The molecule has 2 aromatic carbocycles. The Balaban J connectivity index is 1.64. The first kappa shape index (κ1) is 17.8. The molecule has 26 heavy (non-hydrogen) atoms. The number of furan rings is 1. The quantitative estimate of drug-likeness (QED) is 0.698. The lowest BCUT2D eigenvalue weighted by molar-refractivity contribution is -0.120. The standard InChI is InChI=1S/C20H17ClN2O3/c21-16-9-4-8-15(12-16)20(25)22-13-18(24)23-19(17-10-5-11-26-17)14-6-2-1-3-7-14/h1-12,19H,13H2,(H,22,25)(H,23,24). The number of amides is 2. The molecular formula is C20H17ClN2O3. The van der Waals surface area contributed by atoms with E-state index in [1.165, 1.54) is 0 Å². The maximum atomic E-state index is 12.3. The number of nitrogens with one attached hydrogen (secondary N) is 2. The Labute approximate surface area is 156 Å². The van der Waals surface area contributed by atoms with Crippen LogP contribution in [0.5, 0.6) is 0 Å². The summed E-state index contributed by atoms with van der Waals surface area (Å²) < 4.78 is 5.44. The van der Waals surface area contributed by atoms with Crippen molar-refractivity contribution >= 4 is 23.4 Å². The highest BCUT2D eigenvalue weighted by atomic mass is 35.5. The zero-order valence-corrected chi connectivity index (χ0v) is 14.6. The molecule has 1 heterocycles. The van der Waals surface area contributed by atoms with E-state index < -0.39 is 6.04 Å². The van der Waals surface area contributed by atoms with Crippen LogP contribution in [0.3, 0.4) is 0 Å². The van der Waals surface area contributed by atoms with E-state index in [4.69, 9.17) is 16.0 Å². The van der Waals surface area contributed by atoms with Crippen molar-refractivity contribution in [1.82, 2.24) is 10.6 Å². The van der Waals surface area contributed by atoms with Crippen LogP contribution >= 0.6 is 11.6 Å². The van der Waals surface area contributed by atoms with Crippen molar-refractivity contribution in [3.05, 3.63) is 94.9 Å². The second-order valence-corrected chi connectivity index (χ2v) is 6.06. The monoisotopic (exact) mass is 368 g/mol. The summed E-state index contributed by atoms with van der Waals surface area (Å²) in [6, 6.07) is 19.1. The minimum absolute atomic E-state index is 0.157. The molecule has 2 N–H and O–H groups in total. The SMILES string of the molecule is O=C(CNC(=O)c1cccc(Cl)c1)NC(c1ccccc1)c1ccco1. The highest BCUT2D eigenvalue weighted by Crippen LogP contribution is 2.22. The maximum absolute atomic E-state index is 12.3. The van der Waals surface area contributed by atoms with Gasteiger partial charge in [-0.15, -0.1) is 0 Å². The van der Waals surface area contributed by atoms with Crippen LogP contribution in [0.4, 0.5) is 0 Å². The van der Waals surface area contributed by atoms with E-state index in [1.807, 2.05) is 30.3 Å². The molecule has 0 spiro atoms. The molecule has 132 valence electrons. The predicted molar refractivity (Wildman–Crippen MR) is 98.9 cm³/mol. The summed E-state index contributed by atoms with van der Waals surface area (Å²) in [4.78, 5) is 24.4. The van der Waals surface area contributed by atoms with Gasteiger partial charge in [0.15, 0.2) is 0 Å². The smallest absolute Gasteiger partial charge is 0.251 e. The van der Waals surface area contributed by atoms with Crippen LogP contribution in [0.15, 0.2) is 77.4 Å².